The summed E-state index contributed by atoms with van der Waals surface area (Å²) in [5, 5.41) is 11.6. The first-order valence-corrected chi connectivity index (χ1v) is 5.35. The molecule has 0 atom stereocenters. The van der Waals surface area contributed by atoms with Crippen molar-refractivity contribution in [2.75, 3.05) is 18.5 Å². The number of aliphatic hydroxyl groups is 1. The van der Waals surface area contributed by atoms with Crippen LogP contribution in [0.25, 0.3) is 0 Å². The molecule has 2 N–H and O–H groups in total. The molecular weight excluding hydrogens is 232 g/mol. The van der Waals surface area contributed by atoms with Gasteiger partial charge in [0, 0.05) is 24.9 Å². The number of unbranched alkanes of at least 4 members (excludes halogenated alkanes) is 1. The normalized spacial score (nSPS) is 15.9. The monoisotopic (exact) mass is 245 g/mol. The third-order valence-corrected chi connectivity index (χ3v) is 2.32. The van der Waals surface area contributed by atoms with E-state index in [-0.39, 0.29) is 18.1 Å². The van der Waals surface area contributed by atoms with Crippen molar-refractivity contribution in [1.82, 2.24) is 0 Å². The summed E-state index contributed by atoms with van der Waals surface area (Å²) in [6, 6.07) is 4.54. The van der Waals surface area contributed by atoms with Crippen LogP contribution < -0.4 is 14.8 Å². The van der Waals surface area contributed by atoms with Gasteiger partial charge in [-0.1, -0.05) is 0 Å². The van der Waals surface area contributed by atoms with Crippen LogP contribution in [0.4, 0.5) is 14.5 Å². The molecule has 1 aliphatic heterocycles. The van der Waals surface area contributed by atoms with E-state index in [9.17, 15) is 8.78 Å². The number of nitrogens with one attached hydrogen (secondary N) is 1. The molecule has 0 saturated heterocycles. The number of anilines is 1. The SMILES string of the molecule is OCCCCNc1ccc2c(c1)OC(F)(F)O2. The average molecular weight is 245 g/mol. The molecule has 6 heteroatoms. The first-order chi connectivity index (χ1) is 8.11. The van der Waals surface area contributed by atoms with Gasteiger partial charge < -0.3 is 19.9 Å². The number of fused-ring (bicyclic) bond motifs is 1. The van der Waals surface area contributed by atoms with Crippen molar-refractivity contribution in [2.24, 2.45) is 0 Å². The smallest absolute Gasteiger partial charge is 0.396 e. The highest BCUT2D eigenvalue weighted by atomic mass is 19.3. The summed E-state index contributed by atoms with van der Waals surface area (Å²) in [6.07, 6.45) is -2.06. The molecule has 1 aromatic rings. The maximum Gasteiger partial charge on any atom is 0.586 e. The molecule has 0 unspecified atom stereocenters. The second kappa shape index (κ2) is 4.75. The van der Waals surface area contributed by atoms with Crippen molar-refractivity contribution >= 4 is 5.69 Å². The van der Waals surface area contributed by atoms with E-state index in [1.165, 1.54) is 12.1 Å². The van der Waals surface area contributed by atoms with Gasteiger partial charge in [0.15, 0.2) is 11.5 Å². The highest BCUT2D eigenvalue weighted by molar-refractivity contribution is 5.55. The van der Waals surface area contributed by atoms with E-state index in [0.29, 0.717) is 18.7 Å². The number of ether oxygens (including phenoxy) is 2. The number of benzene rings is 1. The van der Waals surface area contributed by atoms with E-state index in [1.54, 1.807) is 6.07 Å². The first-order valence-electron chi connectivity index (χ1n) is 5.35. The van der Waals surface area contributed by atoms with Crippen LogP contribution >= 0.6 is 0 Å². The molecule has 0 aromatic heterocycles. The molecule has 0 aliphatic carbocycles. The predicted molar refractivity (Wildman–Crippen MR) is 57.5 cm³/mol. The Hall–Kier alpha value is -1.56. The molecule has 1 heterocycles. The van der Waals surface area contributed by atoms with Gasteiger partial charge in [-0.3, -0.25) is 0 Å². The molecule has 0 radical (unpaired) electrons. The molecule has 0 saturated carbocycles. The van der Waals surface area contributed by atoms with E-state index in [4.69, 9.17) is 5.11 Å². The quantitative estimate of drug-likeness (QED) is 0.781. The fraction of sp³-hybridized carbons (Fsp3) is 0.455. The fourth-order valence-corrected chi connectivity index (χ4v) is 1.53. The van der Waals surface area contributed by atoms with Crippen LogP contribution in [0.3, 0.4) is 0 Å². The molecule has 0 spiro atoms. The topological polar surface area (TPSA) is 50.7 Å². The molecule has 17 heavy (non-hydrogen) atoms. The molecule has 0 bridgehead atoms. The van der Waals surface area contributed by atoms with Crippen molar-refractivity contribution in [3.05, 3.63) is 18.2 Å². The van der Waals surface area contributed by atoms with Gasteiger partial charge in [-0.2, -0.15) is 0 Å². The third kappa shape index (κ3) is 2.97. The molecule has 0 amide bonds. The highest BCUT2D eigenvalue weighted by Crippen LogP contribution is 2.42. The number of alkyl halides is 2. The maximum absolute atomic E-state index is 12.7. The number of hydrogen-bond acceptors (Lipinski definition) is 4. The summed E-state index contributed by atoms with van der Waals surface area (Å²) in [7, 11) is 0. The van der Waals surface area contributed by atoms with Crippen LogP contribution in [0.5, 0.6) is 11.5 Å². The van der Waals surface area contributed by atoms with Crippen LogP contribution in [0, 0.1) is 0 Å². The lowest BCUT2D eigenvalue weighted by atomic mass is 10.2. The zero-order chi connectivity index (χ0) is 12.3. The van der Waals surface area contributed by atoms with Gasteiger partial charge in [-0.05, 0) is 25.0 Å². The third-order valence-electron chi connectivity index (χ3n) is 2.32. The van der Waals surface area contributed by atoms with Gasteiger partial charge in [0.2, 0.25) is 0 Å². The second-order valence-electron chi connectivity index (χ2n) is 3.69. The van der Waals surface area contributed by atoms with Gasteiger partial charge in [0.25, 0.3) is 0 Å². The Morgan fingerprint density at radius 1 is 1.18 bits per heavy atom. The van der Waals surface area contributed by atoms with E-state index in [1.807, 2.05) is 0 Å². The largest absolute Gasteiger partial charge is 0.586 e. The van der Waals surface area contributed by atoms with Crippen LogP contribution in [-0.2, 0) is 0 Å². The molecule has 1 aromatic carbocycles. The second-order valence-corrected chi connectivity index (χ2v) is 3.69. The van der Waals surface area contributed by atoms with Crippen molar-refractivity contribution in [3.8, 4) is 11.5 Å². The minimum Gasteiger partial charge on any atom is -0.396 e. The van der Waals surface area contributed by atoms with Crippen LogP contribution in [0.15, 0.2) is 18.2 Å². The Bertz CT molecular complexity index is 398. The Morgan fingerprint density at radius 2 is 1.94 bits per heavy atom. The van der Waals surface area contributed by atoms with E-state index >= 15 is 0 Å². The minimum atomic E-state index is -3.57. The lowest BCUT2D eigenvalue weighted by Gasteiger charge is -2.06. The molecule has 2 rings (SSSR count). The number of aliphatic hydroxyl groups excluding tert-OH is 1. The van der Waals surface area contributed by atoms with Crippen LogP contribution in [0.1, 0.15) is 12.8 Å². The van der Waals surface area contributed by atoms with E-state index < -0.39 is 6.29 Å². The summed E-state index contributed by atoms with van der Waals surface area (Å²) >= 11 is 0. The molecular formula is C11H13F2NO3. The fourth-order valence-electron chi connectivity index (χ4n) is 1.53. The number of halogens is 2. The molecule has 1 aliphatic rings. The molecule has 0 fully saturated rings. The van der Waals surface area contributed by atoms with Crippen molar-refractivity contribution in [2.45, 2.75) is 19.1 Å². The van der Waals surface area contributed by atoms with Crippen molar-refractivity contribution in [3.63, 3.8) is 0 Å². The van der Waals surface area contributed by atoms with Crippen molar-refractivity contribution < 1.29 is 23.4 Å². The van der Waals surface area contributed by atoms with Gasteiger partial charge in [0.05, 0.1) is 0 Å². The lowest BCUT2D eigenvalue weighted by molar-refractivity contribution is -0.286. The summed E-state index contributed by atoms with van der Waals surface area (Å²) in [5.74, 6) is 0.0677. The predicted octanol–water partition coefficient (Wildman–Crippen LogP) is 2.19. The summed E-state index contributed by atoms with van der Waals surface area (Å²) in [5.41, 5.74) is 0.683. The Morgan fingerprint density at radius 3 is 2.71 bits per heavy atom. The van der Waals surface area contributed by atoms with Gasteiger partial charge >= 0.3 is 6.29 Å². The summed E-state index contributed by atoms with van der Waals surface area (Å²) in [4.78, 5) is 0. The van der Waals surface area contributed by atoms with Crippen molar-refractivity contribution in [1.29, 1.82) is 0 Å². The summed E-state index contributed by atoms with van der Waals surface area (Å²) < 4.78 is 34.1. The van der Waals surface area contributed by atoms with Crippen LogP contribution in [0.2, 0.25) is 0 Å². The molecule has 94 valence electrons. The number of hydrogen-bond donors (Lipinski definition) is 2. The van der Waals surface area contributed by atoms with Gasteiger partial charge in [-0.25, -0.2) is 0 Å². The van der Waals surface area contributed by atoms with Crippen LogP contribution in [-0.4, -0.2) is 24.6 Å². The molecule has 4 nitrogen and oxygen atoms in total. The maximum atomic E-state index is 12.7. The zero-order valence-electron chi connectivity index (χ0n) is 9.08. The van der Waals surface area contributed by atoms with Gasteiger partial charge in [0.1, 0.15) is 0 Å². The number of rotatable bonds is 5. The van der Waals surface area contributed by atoms with E-state index in [0.717, 1.165) is 6.42 Å². The Kier molecular flexibility index (Phi) is 3.33. The zero-order valence-corrected chi connectivity index (χ0v) is 9.08. The first kappa shape index (κ1) is 11.9. The minimum absolute atomic E-state index is 0.0298. The summed E-state index contributed by atoms with van der Waals surface area (Å²) in [6.45, 7) is 0.811. The highest BCUT2D eigenvalue weighted by Gasteiger charge is 2.43. The standard InChI is InChI=1S/C11H13F2NO3/c12-11(13)16-9-4-3-8(7-10(9)17-11)14-5-1-2-6-15/h3-4,7,14-15H,1-2,5-6H2. The Labute approximate surface area is 97.2 Å². The lowest BCUT2D eigenvalue weighted by Crippen LogP contribution is -2.25. The average Bonchev–Trinajstić information content (AvgIpc) is 2.57. The van der Waals surface area contributed by atoms with Gasteiger partial charge in [-0.15, -0.1) is 8.78 Å². The van der Waals surface area contributed by atoms with E-state index in [2.05, 4.69) is 14.8 Å². The Balaban J connectivity index is 1.94.